The lowest BCUT2D eigenvalue weighted by molar-refractivity contribution is 0.0761. The fraction of sp³-hybridized carbons (Fsp3) is 0.217. The molecule has 0 bridgehead atoms. The predicted molar refractivity (Wildman–Crippen MR) is 105 cm³/mol. The molecule has 2 heterocycles. The largest absolute Gasteiger partial charge is 0.386 e. The molecule has 0 saturated heterocycles. The zero-order valence-corrected chi connectivity index (χ0v) is 15.5. The molecule has 0 spiro atoms. The van der Waals surface area contributed by atoms with Crippen LogP contribution in [0.5, 0.6) is 0 Å². The monoisotopic (exact) mass is 358 g/mol. The highest BCUT2D eigenvalue weighted by atomic mass is 16.3. The molecule has 1 aliphatic rings. The third-order valence-electron chi connectivity index (χ3n) is 4.99. The van der Waals surface area contributed by atoms with Crippen LogP contribution in [0.4, 0.5) is 0 Å². The standard InChI is InChI=1S/C23H22N2O2/c1-23(2,27)20-11-9-18(10-12-20)17-7-5-16(6-8-17)14-25-15-19-4-3-13-24-21(19)22(25)26/h3-13,27H,14-15H2,1-2H3. The Bertz CT molecular complexity index is 971. The summed E-state index contributed by atoms with van der Waals surface area (Å²) in [6.45, 7) is 4.75. The maximum Gasteiger partial charge on any atom is 0.273 e. The zero-order chi connectivity index (χ0) is 19.0. The molecule has 0 atom stereocenters. The van der Waals surface area contributed by atoms with Gasteiger partial charge < -0.3 is 10.0 Å². The van der Waals surface area contributed by atoms with E-state index in [9.17, 15) is 9.90 Å². The van der Waals surface area contributed by atoms with Crippen molar-refractivity contribution in [3.8, 4) is 11.1 Å². The predicted octanol–water partition coefficient (Wildman–Crippen LogP) is 4.13. The minimum atomic E-state index is -0.836. The van der Waals surface area contributed by atoms with Gasteiger partial charge in [0.15, 0.2) is 0 Å². The number of aliphatic hydroxyl groups is 1. The lowest BCUT2D eigenvalue weighted by Gasteiger charge is -2.18. The van der Waals surface area contributed by atoms with Gasteiger partial charge in [0, 0.05) is 24.8 Å². The van der Waals surface area contributed by atoms with Gasteiger partial charge in [-0.2, -0.15) is 0 Å². The SMILES string of the molecule is CC(C)(O)c1ccc(-c2ccc(CN3Cc4cccnc4C3=O)cc2)cc1. The second-order valence-corrected chi connectivity index (χ2v) is 7.51. The average molecular weight is 358 g/mol. The van der Waals surface area contributed by atoms with Crippen LogP contribution in [0.1, 0.15) is 41.0 Å². The number of hydrogen-bond acceptors (Lipinski definition) is 3. The molecule has 136 valence electrons. The number of carbonyl (C=O) groups is 1. The topological polar surface area (TPSA) is 53.4 Å². The summed E-state index contributed by atoms with van der Waals surface area (Å²) in [6, 6.07) is 20.0. The molecule has 0 radical (unpaired) electrons. The van der Waals surface area contributed by atoms with Crippen LogP contribution < -0.4 is 0 Å². The summed E-state index contributed by atoms with van der Waals surface area (Å²) >= 11 is 0. The van der Waals surface area contributed by atoms with Crippen LogP contribution in [-0.4, -0.2) is 20.9 Å². The molecule has 4 rings (SSSR count). The second-order valence-electron chi connectivity index (χ2n) is 7.51. The lowest BCUT2D eigenvalue weighted by atomic mass is 9.95. The number of hydrogen-bond donors (Lipinski definition) is 1. The Hall–Kier alpha value is -2.98. The highest BCUT2D eigenvalue weighted by molar-refractivity contribution is 5.96. The van der Waals surface area contributed by atoms with Crippen molar-refractivity contribution in [3.63, 3.8) is 0 Å². The Balaban J connectivity index is 1.48. The normalized spacial score (nSPS) is 13.7. The van der Waals surface area contributed by atoms with Crippen LogP contribution in [0.15, 0.2) is 66.9 Å². The van der Waals surface area contributed by atoms with Crippen molar-refractivity contribution in [2.24, 2.45) is 0 Å². The number of pyridine rings is 1. The van der Waals surface area contributed by atoms with E-state index in [1.165, 1.54) is 0 Å². The fourth-order valence-corrected chi connectivity index (χ4v) is 3.41. The summed E-state index contributed by atoms with van der Waals surface area (Å²) < 4.78 is 0. The van der Waals surface area contributed by atoms with E-state index in [4.69, 9.17) is 0 Å². The maximum absolute atomic E-state index is 12.4. The molecule has 0 aliphatic carbocycles. The molecule has 1 N–H and O–H groups in total. The van der Waals surface area contributed by atoms with E-state index in [-0.39, 0.29) is 5.91 Å². The average Bonchev–Trinajstić information content (AvgIpc) is 2.98. The number of carbonyl (C=O) groups excluding carboxylic acids is 1. The van der Waals surface area contributed by atoms with Crippen LogP contribution >= 0.6 is 0 Å². The molecular weight excluding hydrogens is 336 g/mol. The first-order valence-corrected chi connectivity index (χ1v) is 9.07. The molecular formula is C23H22N2O2. The second kappa shape index (κ2) is 6.63. The van der Waals surface area contributed by atoms with E-state index in [2.05, 4.69) is 29.2 Å². The van der Waals surface area contributed by atoms with Crippen LogP contribution in [-0.2, 0) is 18.7 Å². The van der Waals surface area contributed by atoms with Crippen molar-refractivity contribution in [2.45, 2.75) is 32.5 Å². The van der Waals surface area contributed by atoms with E-state index in [1.807, 2.05) is 41.3 Å². The smallest absolute Gasteiger partial charge is 0.273 e. The van der Waals surface area contributed by atoms with E-state index in [0.29, 0.717) is 18.8 Å². The van der Waals surface area contributed by atoms with Gasteiger partial charge in [-0.15, -0.1) is 0 Å². The quantitative estimate of drug-likeness (QED) is 0.763. The Labute approximate surface area is 159 Å². The number of nitrogens with zero attached hydrogens (tertiary/aromatic N) is 2. The van der Waals surface area contributed by atoms with Gasteiger partial charge in [0.2, 0.25) is 0 Å². The van der Waals surface area contributed by atoms with Gasteiger partial charge in [0.05, 0.1) is 5.60 Å². The molecule has 0 unspecified atom stereocenters. The van der Waals surface area contributed by atoms with Gasteiger partial charge in [0.25, 0.3) is 5.91 Å². The van der Waals surface area contributed by atoms with Crippen molar-refractivity contribution < 1.29 is 9.90 Å². The van der Waals surface area contributed by atoms with Crippen molar-refractivity contribution in [3.05, 3.63) is 89.2 Å². The highest BCUT2D eigenvalue weighted by Crippen LogP contribution is 2.26. The van der Waals surface area contributed by atoms with Gasteiger partial charge in [-0.3, -0.25) is 9.78 Å². The van der Waals surface area contributed by atoms with Crippen LogP contribution in [0.3, 0.4) is 0 Å². The first-order valence-electron chi connectivity index (χ1n) is 9.07. The summed E-state index contributed by atoms with van der Waals surface area (Å²) in [7, 11) is 0. The molecule has 1 aliphatic heterocycles. The van der Waals surface area contributed by atoms with Gasteiger partial charge >= 0.3 is 0 Å². The summed E-state index contributed by atoms with van der Waals surface area (Å²) in [5, 5.41) is 10.1. The molecule has 27 heavy (non-hydrogen) atoms. The summed E-state index contributed by atoms with van der Waals surface area (Å²) in [5.41, 5.74) is 4.92. The Morgan fingerprint density at radius 2 is 1.63 bits per heavy atom. The molecule has 2 aromatic carbocycles. The minimum Gasteiger partial charge on any atom is -0.386 e. The summed E-state index contributed by atoms with van der Waals surface area (Å²) in [4.78, 5) is 18.5. The molecule has 1 amide bonds. The van der Waals surface area contributed by atoms with Crippen molar-refractivity contribution >= 4 is 5.91 Å². The number of amides is 1. The third kappa shape index (κ3) is 3.49. The Kier molecular flexibility index (Phi) is 4.28. The number of rotatable bonds is 4. The van der Waals surface area contributed by atoms with E-state index >= 15 is 0 Å². The van der Waals surface area contributed by atoms with Gasteiger partial charge in [-0.1, -0.05) is 54.6 Å². The lowest BCUT2D eigenvalue weighted by Crippen LogP contribution is -2.23. The number of fused-ring (bicyclic) bond motifs is 1. The molecule has 0 saturated carbocycles. The van der Waals surface area contributed by atoms with Crippen LogP contribution in [0, 0.1) is 0 Å². The van der Waals surface area contributed by atoms with Crippen molar-refractivity contribution in [1.82, 2.24) is 9.88 Å². The van der Waals surface area contributed by atoms with Crippen molar-refractivity contribution in [2.75, 3.05) is 0 Å². The molecule has 4 nitrogen and oxygen atoms in total. The maximum atomic E-state index is 12.4. The number of benzene rings is 2. The van der Waals surface area contributed by atoms with Gasteiger partial charge in [-0.05, 0) is 42.2 Å². The number of aromatic nitrogens is 1. The van der Waals surface area contributed by atoms with Crippen molar-refractivity contribution in [1.29, 1.82) is 0 Å². The third-order valence-corrected chi connectivity index (χ3v) is 4.99. The molecule has 4 heteroatoms. The van der Waals surface area contributed by atoms with E-state index in [0.717, 1.165) is 27.8 Å². The van der Waals surface area contributed by atoms with E-state index < -0.39 is 5.60 Å². The summed E-state index contributed by atoms with van der Waals surface area (Å²) in [5.74, 6) is -0.00289. The first kappa shape index (κ1) is 17.4. The van der Waals surface area contributed by atoms with Gasteiger partial charge in [-0.25, -0.2) is 0 Å². The molecule has 0 fully saturated rings. The molecule has 3 aromatic rings. The summed E-state index contributed by atoms with van der Waals surface area (Å²) in [6.07, 6.45) is 1.66. The van der Waals surface area contributed by atoms with Gasteiger partial charge in [0.1, 0.15) is 5.69 Å². The molecule has 1 aromatic heterocycles. The van der Waals surface area contributed by atoms with E-state index in [1.54, 1.807) is 20.0 Å². The fourth-order valence-electron chi connectivity index (χ4n) is 3.41. The Morgan fingerprint density at radius 1 is 1.00 bits per heavy atom. The first-order chi connectivity index (χ1) is 12.9. The zero-order valence-electron chi connectivity index (χ0n) is 15.5. The Morgan fingerprint density at radius 3 is 2.22 bits per heavy atom. The highest BCUT2D eigenvalue weighted by Gasteiger charge is 2.28. The van der Waals surface area contributed by atoms with Crippen LogP contribution in [0.25, 0.3) is 11.1 Å². The van der Waals surface area contributed by atoms with Crippen LogP contribution in [0.2, 0.25) is 0 Å². The minimum absolute atomic E-state index is 0.00289.